The third-order valence-electron chi connectivity index (χ3n) is 4.55. The minimum Gasteiger partial charge on any atom is -0.341 e. The maximum absolute atomic E-state index is 12.5. The molecule has 0 bridgehead atoms. The zero-order valence-corrected chi connectivity index (χ0v) is 15.7. The van der Waals surface area contributed by atoms with Gasteiger partial charge in [-0.05, 0) is 39.3 Å². The molecule has 0 saturated carbocycles. The monoisotopic (exact) mass is 326 g/mol. The summed E-state index contributed by atoms with van der Waals surface area (Å²) in [6.07, 6.45) is 1.79. The Kier molecular flexibility index (Phi) is 7.32. The highest BCUT2D eigenvalue weighted by molar-refractivity contribution is 5.84. The van der Waals surface area contributed by atoms with Gasteiger partial charge in [-0.25, -0.2) is 4.79 Å². The fourth-order valence-corrected chi connectivity index (χ4v) is 3.02. The number of carbonyl (C=O) groups excluding carboxylic acids is 2. The lowest BCUT2D eigenvalue weighted by Crippen LogP contribution is -2.52. The van der Waals surface area contributed by atoms with Gasteiger partial charge in [-0.2, -0.15) is 0 Å². The van der Waals surface area contributed by atoms with Crippen LogP contribution in [-0.4, -0.2) is 79.5 Å². The molecule has 134 valence electrons. The molecule has 0 spiro atoms. The van der Waals surface area contributed by atoms with E-state index in [1.54, 1.807) is 4.90 Å². The Morgan fingerprint density at radius 3 is 2.57 bits per heavy atom. The summed E-state index contributed by atoms with van der Waals surface area (Å²) in [7, 11) is 4.07. The van der Waals surface area contributed by atoms with Gasteiger partial charge in [0.05, 0.1) is 0 Å². The first kappa shape index (κ1) is 19.7. The largest absolute Gasteiger partial charge is 0.341 e. The Morgan fingerprint density at radius 1 is 1.35 bits per heavy atom. The number of hydrogen-bond acceptors (Lipinski definition) is 3. The van der Waals surface area contributed by atoms with Crippen LogP contribution < -0.4 is 5.32 Å². The van der Waals surface area contributed by atoms with E-state index < -0.39 is 0 Å². The molecule has 3 amide bonds. The lowest BCUT2D eigenvalue weighted by Gasteiger charge is -2.36. The van der Waals surface area contributed by atoms with Gasteiger partial charge in [0, 0.05) is 32.2 Å². The number of hydrogen-bond donors (Lipinski definition) is 1. The summed E-state index contributed by atoms with van der Waals surface area (Å²) < 4.78 is 0. The van der Waals surface area contributed by atoms with Crippen LogP contribution >= 0.6 is 0 Å². The van der Waals surface area contributed by atoms with E-state index in [9.17, 15) is 9.59 Å². The van der Waals surface area contributed by atoms with Crippen molar-refractivity contribution in [1.82, 2.24) is 20.0 Å². The van der Waals surface area contributed by atoms with Gasteiger partial charge in [-0.15, -0.1) is 0 Å². The van der Waals surface area contributed by atoms with Gasteiger partial charge in [-0.1, -0.05) is 20.8 Å². The molecule has 1 aliphatic rings. The molecule has 6 heteroatoms. The van der Waals surface area contributed by atoms with E-state index >= 15 is 0 Å². The quantitative estimate of drug-likeness (QED) is 0.807. The Bertz CT molecular complexity index is 409. The summed E-state index contributed by atoms with van der Waals surface area (Å²) in [5.41, 5.74) is -0.0384. The van der Waals surface area contributed by atoms with Gasteiger partial charge in [0.2, 0.25) is 5.91 Å². The van der Waals surface area contributed by atoms with Crippen LogP contribution in [0.1, 0.15) is 40.5 Å². The van der Waals surface area contributed by atoms with E-state index in [1.165, 1.54) is 0 Å². The average molecular weight is 326 g/mol. The fraction of sp³-hybridized carbons (Fsp3) is 0.882. The molecular formula is C17H34N4O2. The molecule has 0 aliphatic carbocycles. The van der Waals surface area contributed by atoms with Crippen LogP contribution in [0.3, 0.4) is 0 Å². The normalized spacial score (nSPS) is 18.1. The lowest BCUT2D eigenvalue weighted by atomic mass is 9.85. The number of nitrogens with zero attached hydrogens (tertiary/aromatic N) is 3. The highest BCUT2D eigenvalue weighted by Gasteiger charge is 2.30. The van der Waals surface area contributed by atoms with Crippen molar-refractivity contribution in [2.24, 2.45) is 5.41 Å². The Balaban J connectivity index is 2.62. The van der Waals surface area contributed by atoms with Gasteiger partial charge in [-0.3, -0.25) is 4.79 Å². The van der Waals surface area contributed by atoms with Gasteiger partial charge in [0.1, 0.15) is 6.54 Å². The van der Waals surface area contributed by atoms with Crippen molar-refractivity contribution in [3.05, 3.63) is 0 Å². The maximum atomic E-state index is 12.5. The summed E-state index contributed by atoms with van der Waals surface area (Å²) >= 11 is 0. The van der Waals surface area contributed by atoms with Crippen molar-refractivity contribution in [1.29, 1.82) is 0 Å². The van der Waals surface area contributed by atoms with Gasteiger partial charge in [0.15, 0.2) is 0 Å². The minimum absolute atomic E-state index is 0.0301. The van der Waals surface area contributed by atoms with Crippen LogP contribution in [0.15, 0.2) is 0 Å². The third kappa shape index (κ3) is 6.01. The molecule has 1 heterocycles. The second-order valence-corrected chi connectivity index (χ2v) is 7.55. The number of nitrogens with one attached hydrogen (secondary N) is 1. The molecule has 1 aliphatic heterocycles. The zero-order chi connectivity index (χ0) is 17.6. The highest BCUT2D eigenvalue weighted by atomic mass is 16.2. The van der Waals surface area contributed by atoms with Gasteiger partial charge >= 0.3 is 6.03 Å². The second-order valence-electron chi connectivity index (χ2n) is 7.55. The smallest absolute Gasteiger partial charge is 0.318 e. The fourth-order valence-electron chi connectivity index (χ4n) is 3.02. The summed E-state index contributed by atoms with van der Waals surface area (Å²) in [6, 6.07) is -0.0986. The molecule has 23 heavy (non-hydrogen) atoms. The molecule has 0 unspecified atom stereocenters. The van der Waals surface area contributed by atoms with Crippen molar-refractivity contribution in [3.8, 4) is 0 Å². The second kappa shape index (κ2) is 8.52. The van der Waals surface area contributed by atoms with Crippen LogP contribution in [-0.2, 0) is 4.79 Å². The molecule has 1 rings (SSSR count). The van der Waals surface area contributed by atoms with E-state index in [1.807, 2.05) is 25.9 Å². The molecule has 1 fully saturated rings. The summed E-state index contributed by atoms with van der Waals surface area (Å²) in [5.74, 6) is 0.0553. The predicted octanol–water partition coefficient (Wildman–Crippen LogP) is 1.62. The zero-order valence-electron chi connectivity index (χ0n) is 15.7. The molecule has 1 atom stereocenters. The minimum atomic E-state index is -0.129. The molecule has 1 N–H and O–H groups in total. The SMILES string of the molecule is CCCN1CCCN(C(=O)N[C@@H](C)C(C)(C)CN(C)C)CC1=O. The van der Waals surface area contributed by atoms with Crippen molar-refractivity contribution < 1.29 is 9.59 Å². The molecular weight excluding hydrogens is 292 g/mol. The van der Waals surface area contributed by atoms with Crippen LogP contribution in [0, 0.1) is 5.41 Å². The van der Waals surface area contributed by atoms with Gasteiger partial charge < -0.3 is 20.0 Å². The Labute approximate surface area is 141 Å². The van der Waals surface area contributed by atoms with Crippen molar-refractivity contribution >= 4 is 11.9 Å². The van der Waals surface area contributed by atoms with E-state index in [4.69, 9.17) is 0 Å². The number of amides is 3. The third-order valence-corrected chi connectivity index (χ3v) is 4.55. The predicted molar refractivity (Wildman–Crippen MR) is 93.4 cm³/mol. The Morgan fingerprint density at radius 2 is 2.00 bits per heavy atom. The molecule has 6 nitrogen and oxygen atoms in total. The van der Waals surface area contributed by atoms with Crippen molar-refractivity contribution in [3.63, 3.8) is 0 Å². The van der Waals surface area contributed by atoms with Crippen LogP contribution in [0.2, 0.25) is 0 Å². The number of carbonyl (C=O) groups is 2. The summed E-state index contributed by atoms with van der Waals surface area (Å²) in [4.78, 5) is 30.4. The van der Waals surface area contributed by atoms with Gasteiger partial charge in [0.25, 0.3) is 0 Å². The van der Waals surface area contributed by atoms with Crippen molar-refractivity contribution in [2.45, 2.75) is 46.6 Å². The van der Waals surface area contributed by atoms with E-state index in [-0.39, 0.29) is 29.9 Å². The first-order chi connectivity index (χ1) is 10.7. The Hall–Kier alpha value is -1.30. The maximum Gasteiger partial charge on any atom is 0.318 e. The first-order valence-corrected chi connectivity index (χ1v) is 8.65. The van der Waals surface area contributed by atoms with E-state index in [0.717, 1.165) is 32.5 Å². The van der Waals surface area contributed by atoms with Crippen molar-refractivity contribution in [2.75, 3.05) is 46.8 Å². The van der Waals surface area contributed by atoms with Crippen LogP contribution in [0.5, 0.6) is 0 Å². The van der Waals surface area contributed by atoms with Crippen LogP contribution in [0.4, 0.5) is 4.79 Å². The first-order valence-electron chi connectivity index (χ1n) is 8.65. The molecule has 0 aromatic carbocycles. The molecule has 0 radical (unpaired) electrons. The topological polar surface area (TPSA) is 55.9 Å². The standard InChI is InChI=1S/C17H34N4O2/c1-7-9-20-10-8-11-21(12-15(20)22)16(23)18-14(2)17(3,4)13-19(5)6/h14H,7-13H2,1-6H3,(H,18,23)/t14-/m0/s1. The number of rotatable bonds is 6. The molecule has 1 saturated heterocycles. The number of urea groups is 1. The summed E-state index contributed by atoms with van der Waals surface area (Å²) in [6.45, 7) is 11.6. The molecule has 0 aromatic heterocycles. The summed E-state index contributed by atoms with van der Waals surface area (Å²) in [5, 5.41) is 3.08. The highest BCUT2D eigenvalue weighted by Crippen LogP contribution is 2.21. The average Bonchev–Trinajstić information content (AvgIpc) is 2.60. The lowest BCUT2D eigenvalue weighted by molar-refractivity contribution is -0.130. The molecule has 0 aromatic rings. The van der Waals surface area contributed by atoms with E-state index in [0.29, 0.717) is 6.54 Å². The van der Waals surface area contributed by atoms with Crippen LogP contribution in [0.25, 0.3) is 0 Å². The van der Waals surface area contributed by atoms with E-state index in [2.05, 4.69) is 31.0 Å².